The van der Waals surface area contributed by atoms with Gasteiger partial charge < -0.3 is 29.5 Å². The Morgan fingerprint density at radius 2 is 1.56 bits per heavy atom. The fourth-order valence-corrected chi connectivity index (χ4v) is 4.71. The summed E-state index contributed by atoms with van der Waals surface area (Å²) in [6, 6.07) is 11.7. The van der Waals surface area contributed by atoms with Crippen molar-refractivity contribution < 1.29 is 39.1 Å². The summed E-state index contributed by atoms with van der Waals surface area (Å²) in [6.45, 7) is 2.74. The molecule has 0 atom stereocenters. The number of aromatic nitrogens is 1. The van der Waals surface area contributed by atoms with Gasteiger partial charge in [0.15, 0.2) is 11.5 Å². The van der Waals surface area contributed by atoms with Crippen LogP contribution in [-0.2, 0) is 29.2 Å². The Morgan fingerprint density at radius 3 is 2.18 bits per heavy atom. The number of hydrogen-bond acceptors (Lipinski definition) is 8. The summed E-state index contributed by atoms with van der Waals surface area (Å²) in [5.41, 5.74) is 3.12. The van der Waals surface area contributed by atoms with Crippen molar-refractivity contribution in [3.8, 4) is 23.0 Å². The first kappa shape index (κ1) is 27.8. The molecule has 9 nitrogen and oxygen atoms in total. The number of aliphatic hydroxyl groups is 1. The molecule has 204 valence electrons. The minimum absolute atomic E-state index is 0.0291. The number of nitrogens with zero attached hydrogens (tertiary/aromatic N) is 1. The summed E-state index contributed by atoms with van der Waals surface area (Å²) in [5.74, 6) is -1.59. The number of halogens is 1. The highest BCUT2D eigenvalue weighted by molar-refractivity contribution is 6.30. The summed E-state index contributed by atoms with van der Waals surface area (Å²) in [6.07, 6.45) is -0.166. The number of fused-ring (bicyclic) bond motifs is 1. The van der Waals surface area contributed by atoms with Gasteiger partial charge in [-0.25, -0.2) is 0 Å². The Hall–Kier alpha value is -4.21. The molecule has 0 amide bonds. The van der Waals surface area contributed by atoms with Gasteiger partial charge >= 0.3 is 5.97 Å². The van der Waals surface area contributed by atoms with E-state index in [1.165, 1.54) is 18.8 Å². The average Bonchev–Trinajstić information content (AvgIpc) is 3.20. The molecule has 3 aromatic carbocycles. The largest absolute Gasteiger partial charge is 0.504 e. The number of hydrogen-bond donors (Lipinski definition) is 3. The van der Waals surface area contributed by atoms with E-state index in [-0.39, 0.29) is 59.7 Å². The van der Waals surface area contributed by atoms with Crippen molar-refractivity contribution in [1.82, 2.24) is 4.57 Å². The lowest BCUT2D eigenvalue weighted by Crippen LogP contribution is -2.15. The lowest BCUT2D eigenvalue weighted by molar-refractivity contribution is -0.144. The number of ether oxygens (including phenoxy) is 3. The minimum Gasteiger partial charge on any atom is -0.504 e. The van der Waals surface area contributed by atoms with Crippen molar-refractivity contribution in [2.45, 2.75) is 33.5 Å². The quantitative estimate of drug-likeness (QED) is 0.210. The number of aromatic hydroxyl groups is 2. The SMILES string of the molecule is COc1c(O)c(C)c(COC(=O)Cc2c(C)n(C(=O)c3ccc(Cl)cc3)c3cc(CO)ccc23)c(O)c1OC. The molecule has 0 aliphatic rings. The number of phenols is 2. The highest BCUT2D eigenvalue weighted by Crippen LogP contribution is 2.48. The smallest absolute Gasteiger partial charge is 0.310 e. The summed E-state index contributed by atoms with van der Waals surface area (Å²) < 4.78 is 17.3. The van der Waals surface area contributed by atoms with E-state index in [2.05, 4.69) is 0 Å². The molecule has 10 heteroatoms. The van der Waals surface area contributed by atoms with Crippen LogP contribution in [0, 0.1) is 13.8 Å². The zero-order chi connectivity index (χ0) is 28.4. The topological polar surface area (TPSA) is 127 Å². The fourth-order valence-electron chi connectivity index (χ4n) is 4.58. The van der Waals surface area contributed by atoms with Gasteiger partial charge in [0.25, 0.3) is 5.91 Å². The summed E-state index contributed by atoms with van der Waals surface area (Å²) in [7, 11) is 2.64. The maximum absolute atomic E-state index is 13.5. The van der Waals surface area contributed by atoms with E-state index in [9.17, 15) is 24.9 Å². The molecular weight excluding hydrogens is 526 g/mol. The van der Waals surface area contributed by atoms with E-state index in [0.717, 1.165) is 0 Å². The molecule has 4 rings (SSSR count). The molecule has 1 heterocycles. The van der Waals surface area contributed by atoms with Gasteiger partial charge in [-0.3, -0.25) is 14.2 Å². The van der Waals surface area contributed by atoms with E-state index in [1.807, 2.05) is 0 Å². The number of phenolic OH excluding ortho intramolecular Hbond substituents is 2. The second-order valence-corrected chi connectivity index (χ2v) is 9.36. The van der Waals surface area contributed by atoms with Crippen LogP contribution >= 0.6 is 11.6 Å². The van der Waals surface area contributed by atoms with Crippen LogP contribution in [0.5, 0.6) is 23.0 Å². The highest BCUT2D eigenvalue weighted by atomic mass is 35.5. The number of rotatable bonds is 8. The fraction of sp³-hybridized carbons (Fsp3) is 0.241. The Kier molecular flexibility index (Phi) is 8.03. The standard InChI is InChI=1S/C29H28ClNO8/c1-15-22(26(35)28(38-4)27(37-3)25(15)34)14-39-24(33)12-21-16(2)31(23-11-17(13-32)5-10-20(21)23)29(36)18-6-8-19(30)9-7-18/h5-11,32,34-35H,12-14H2,1-4H3. The van der Waals surface area contributed by atoms with Gasteiger partial charge in [-0.1, -0.05) is 23.7 Å². The van der Waals surface area contributed by atoms with Gasteiger partial charge in [0.05, 0.1) is 32.8 Å². The molecule has 4 aromatic rings. The van der Waals surface area contributed by atoms with Crippen LogP contribution in [0.15, 0.2) is 42.5 Å². The summed E-state index contributed by atoms with van der Waals surface area (Å²) in [4.78, 5) is 26.5. The number of aliphatic hydroxyl groups excluding tert-OH is 1. The van der Waals surface area contributed by atoms with Crippen LogP contribution in [0.1, 0.15) is 38.3 Å². The number of benzene rings is 3. The van der Waals surface area contributed by atoms with Crippen molar-refractivity contribution >= 4 is 34.4 Å². The molecule has 0 aliphatic carbocycles. The van der Waals surface area contributed by atoms with E-state index in [0.29, 0.717) is 38.3 Å². The van der Waals surface area contributed by atoms with Crippen LogP contribution in [0.3, 0.4) is 0 Å². The van der Waals surface area contributed by atoms with Gasteiger partial charge in [0.2, 0.25) is 11.5 Å². The molecule has 0 radical (unpaired) electrons. The van der Waals surface area contributed by atoms with Gasteiger partial charge in [-0.15, -0.1) is 0 Å². The van der Waals surface area contributed by atoms with Crippen LogP contribution in [0.4, 0.5) is 0 Å². The Bertz CT molecular complexity index is 1570. The first-order valence-corrected chi connectivity index (χ1v) is 12.4. The summed E-state index contributed by atoms with van der Waals surface area (Å²) >= 11 is 5.98. The molecule has 39 heavy (non-hydrogen) atoms. The average molecular weight is 554 g/mol. The number of esters is 1. The Balaban J connectivity index is 1.67. The first-order chi connectivity index (χ1) is 18.6. The summed E-state index contributed by atoms with van der Waals surface area (Å²) in [5, 5.41) is 31.9. The van der Waals surface area contributed by atoms with E-state index < -0.39 is 5.97 Å². The lowest BCUT2D eigenvalue weighted by Gasteiger charge is -2.17. The molecule has 3 N–H and O–H groups in total. The van der Waals surface area contributed by atoms with Crippen molar-refractivity contribution in [2.24, 2.45) is 0 Å². The predicted molar refractivity (Wildman–Crippen MR) is 145 cm³/mol. The van der Waals surface area contributed by atoms with Crippen molar-refractivity contribution in [1.29, 1.82) is 0 Å². The predicted octanol–water partition coefficient (Wildman–Crippen LogP) is 4.81. The molecule has 0 fully saturated rings. The number of carbonyl (C=O) groups is 2. The second-order valence-electron chi connectivity index (χ2n) is 8.93. The zero-order valence-corrected chi connectivity index (χ0v) is 22.6. The molecule has 0 saturated heterocycles. The maximum Gasteiger partial charge on any atom is 0.310 e. The Morgan fingerprint density at radius 1 is 0.923 bits per heavy atom. The van der Waals surface area contributed by atoms with E-state index in [1.54, 1.807) is 56.3 Å². The molecule has 0 spiro atoms. The highest BCUT2D eigenvalue weighted by Gasteiger charge is 2.25. The first-order valence-electron chi connectivity index (χ1n) is 12.0. The van der Waals surface area contributed by atoms with E-state index >= 15 is 0 Å². The second kappa shape index (κ2) is 11.3. The zero-order valence-electron chi connectivity index (χ0n) is 21.9. The van der Waals surface area contributed by atoms with Crippen LogP contribution < -0.4 is 9.47 Å². The van der Waals surface area contributed by atoms with Gasteiger partial charge in [-0.05, 0) is 55.3 Å². The molecule has 1 aromatic heterocycles. The lowest BCUT2D eigenvalue weighted by atomic mass is 10.0. The molecule has 0 saturated carbocycles. The molecular formula is C29H28ClNO8. The third-order valence-corrected chi connectivity index (χ3v) is 6.97. The van der Waals surface area contributed by atoms with Crippen molar-refractivity contribution in [3.63, 3.8) is 0 Å². The van der Waals surface area contributed by atoms with Crippen molar-refractivity contribution in [2.75, 3.05) is 14.2 Å². The minimum atomic E-state index is -0.615. The van der Waals surface area contributed by atoms with Crippen LogP contribution in [0.25, 0.3) is 10.9 Å². The van der Waals surface area contributed by atoms with E-state index in [4.69, 9.17) is 25.8 Å². The molecule has 0 aliphatic heterocycles. The third-order valence-electron chi connectivity index (χ3n) is 6.71. The Labute approximate surface area is 229 Å². The molecule has 0 unspecified atom stereocenters. The number of carbonyl (C=O) groups excluding carboxylic acids is 2. The maximum atomic E-state index is 13.5. The monoisotopic (exact) mass is 553 g/mol. The van der Waals surface area contributed by atoms with Gasteiger partial charge in [0, 0.05) is 32.8 Å². The van der Waals surface area contributed by atoms with Crippen molar-refractivity contribution in [3.05, 3.63) is 81.0 Å². The van der Waals surface area contributed by atoms with Gasteiger partial charge in [-0.2, -0.15) is 0 Å². The normalized spacial score (nSPS) is 11.0. The van der Waals surface area contributed by atoms with Gasteiger partial charge in [0.1, 0.15) is 6.61 Å². The third kappa shape index (κ3) is 5.10. The number of methoxy groups -OCH3 is 2. The van der Waals surface area contributed by atoms with Crippen LogP contribution in [-0.4, -0.2) is 46.0 Å². The van der Waals surface area contributed by atoms with Crippen LogP contribution in [0.2, 0.25) is 5.02 Å². The molecule has 0 bridgehead atoms.